The highest BCUT2D eigenvalue weighted by Gasteiger charge is 2.01. The van der Waals surface area contributed by atoms with Gasteiger partial charge in [0.15, 0.2) is 0 Å². The molecule has 0 amide bonds. The van der Waals surface area contributed by atoms with Crippen LogP contribution in [0.25, 0.3) is 0 Å². The van der Waals surface area contributed by atoms with Gasteiger partial charge in [0.25, 0.3) is 0 Å². The minimum Gasteiger partial charge on any atom is -0.381 e. The molecule has 0 aromatic rings. The summed E-state index contributed by atoms with van der Waals surface area (Å²) < 4.78 is 5.44. The molecule has 0 aliphatic rings. The second-order valence-electron chi connectivity index (χ2n) is 2.90. The van der Waals surface area contributed by atoms with Gasteiger partial charge in [-0.3, -0.25) is 0 Å². The van der Waals surface area contributed by atoms with Crippen molar-refractivity contribution < 1.29 is 4.74 Å². The lowest BCUT2D eigenvalue weighted by Gasteiger charge is -2.11. The fourth-order valence-electron chi connectivity index (χ4n) is 0.960. The summed E-state index contributed by atoms with van der Waals surface area (Å²) >= 11 is 0. The summed E-state index contributed by atoms with van der Waals surface area (Å²) in [5.41, 5.74) is 5.33. The summed E-state index contributed by atoms with van der Waals surface area (Å²) in [6, 6.07) is 0. The van der Waals surface area contributed by atoms with Gasteiger partial charge in [-0.2, -0.15) is 0 Å². The summed E-state index contributed by atoms with van der Waals surface area (Å²) in [5.74, 6) is 0.743. The normalized spacial score (nSPS) is 10.9. The third-order valence-electron chi connectivity index (χ3n) is 2.00. The van der Waals surface area contributed by atoms with Gasteiger partial charge < -0.3 is 10.5 Å². The molecule has 0 spiro atoms. The highest BCUT2D eigenvalue weighted by Crippen LogP contribution is 2.07. The van der Waals surface area contributed by atoms with Crippen molar-refractivity contribution in [3.8, 4) is 0 Å². The van der Waals surface area contributed by atoms with Gasteiger partial charge in [-0.1, -0.05) is 26.7 Å². The van der Waals surface area contributed by atoms with Crippen LogP contribution < -0.4 is 5.73 Å². The second kappa shape index (κ2) is 8.02. The molecular weight excluding hydrogens is 138 g/mol. The summed E-state index contributed by atoms with van der Waals surface area (Å²) in [4.78, 5) is 0. The van der Waals surface area contributed by atoms with Crippen LogP contribution in [0.15, 0.2) is 0 Å². The van der Waals surface area contributed by atoms with Gasteiger partial charge in [0.2, 0.25) is 0 Å². The van der Waals surface area contributed by atoms with E-state index in [0.717, 1.165) is 32.1 Å². The van der Waals surface area contributed by atoms with Crippen molar-refractivity contribution in [1.29, 1.82) is 0 Å². The predicted octanol–water partition coefficient (Wildman–Crippen LogP) is 1.79. The largest absolute Gasteiger partial charge is 0.381 e. The topological polar surface area (TPSA) is 35.2 Å². The van der Waals surface area contributed by atoms with Gasteiger partial charge in [0, 0.05) is 13.2 Å². The van der Waals surface area contributed by atoms with E-state index in [1.807, 2.05) is 0 Å². The summed E-state index contributed by atoms with van der Waals surface area (Å²) in [6.07, 6.45) is 3.43. The lowest BCUT2D eigenvalue weighted by Crippen LogP contribution is -2.10. The third-order valence-corrected chi connectivity index (χ3v) is 2.00. The van der Waals surface area contributed by atoms with E-state index in [4.69, 9.17) is 10.5 Å². The van der Waals surface area contributed by atoms with Gasteiger partial charge >= 0.3 is 0 Å². The van der Waals surface area contributed by atoms with Crippen LogP contribution in [0.2, 0.25) is 0 Å². The van der Waals surface area contributed by atoms with E-state index in [2.05, 4.69) is 13.8 Å². The van der Waals surface area contributed by atoms with E-state index in [0.29, 0.717) is 0 Å². The van der Waals surface area contributed by atoms with E-state index < -0.39 is 0 Å². The van der Waals surface area contributed by atoms with E-state index in [9.17, 15) is 0 Å². The Morgan fingerprint density at radius 3 is 2.36 bits per heavy atom. The van der Waals surface area contributed by atoms with Gasteiger partial charge in [-0.05, 0) is 18.9 Å². The Hall–Kier alpha value is -0.0800. The SMILES string of the molecule is CCC(CC)COCCCN. The summed E-state index contributed by atoms with van der Waals surface area (Å²) in [7, 11) is 0. The molecule has 0 rings (SSSR count). The summed E-state index contributed by atoms with van der Waals surface area (Å²) in [6.45, 7) is 6.89. The van der Waals surface area contributed by atoms with Gasteiger partial charge in [0.05, 0.1) is 0 Å². The maximum atomic E-state index is 5.44. The molecule has 11 heavy (non-hydrogen) atoms. The quantitative estimate of drug-likeness (QED) is 0.575. The predicted molar refractivity (Wildman–Crippen MR) is 48.6 cm³/mol. The minimum atomic E-state index is 0.739. The zero-order valence-electron chi connectivity index (χ0n) is 7.81. The van der Waals surface area contributed by atoms with Crippen molar-refractivity contribution in [1.82, 2.24) is 0 Å². The van der Waals surface area contributed by atoms with Crippen LogP contribution in [0.4, 0.5) is 0 Å². The number of ether oxygens (including phenoxy) is 1. The minimum absolute atomic E-state index is 0.739. The average Bonchev–Trinajstić information content (AvgIpc) is 2.05. The lowest BCUT2D eigenvalue weighted by molar-refractivity contribution is 0.0958. The molecule has 2 nitrogen and oxygen atoms in total. The highest BCUT2D eigenvalue weighted by molar-refractivity contribution is 4.51. The fourth-order valence-corrected chi connectivity index (χ4v) is 0.960. The molecule has 0 unspecified atom stereocenters. The van der Waals surface area contributed by atoms with E-state index in [1.165, 1.54) is 12.8 Å². The molecule has 0 saturated carbocycles. The molecular formula is C9H21NO. The Morgan fingerprint density at radius 2 is 1.91 bits per heavy atom. The molecule has 0 aliphatic carbocycles. The average molecular weight is 159 g/mol. The standard InChI is InChI=1S/C9H21NO/c1-3-9(4-2)8-11-7-5-6-10/h9H,3-8,10H2,1-2H3. The van der Waals surface area contributed by atoms with Crippen molar-refractivity contribution >= 4 is 0 Å². The fraction of sp³-hybridized carbons (Fsp3) is 1.00. The molecule has 0 radical (unpaired) electrons. The second-order valence-corrected chi connectivity index (χ2v) is 2.90. The van der Waals surface area contributed by atoms with Crippen LogP contribution in [0.5, 0.6) is 0 Å². The van der Waals surface area contributed by atoms with Crippen LogP contribution in [0.1, 0.15) is 33.1 Å². The third kappa shape index (κ3) is 6.32. The molecule has 0 aromatic carbocycles. The number of hydrogen-bond acceptors (Lipinski definition) is 2. The highest BCUT2D eigenvalue weighted by atomic mass is 16.5. The lowest BCUT2D eigenvalue weighted by atomic mass is 10.1. The van der Waals surface area contributed by atoms with E-state index >= 15 is 0 Å². The molecule has 0 heterocycles. The molecule has 2 N–H and O–H groups in total. The van der Waals surface area contributed by atoms with Crippen molar-refractivity contribution in [3.63, 3.8) is 0 Å². The Bertz CT molecular complexity index is 72.0. The molecule has 0 saturated heterocycles. The van der Waals surface area contributed by atoms with Crippen LogP contribution in [-0.4, -0.2) is 19.8 Å². The molecule has 0 aliphatic heterocycles. The molecule has 0 aromatic heterocycles. The van der Waals surface area contributed by atoms with Crippen molar-refractivity contribution in [2.45, 2.75) is 33.1 Å². The Morgan fingerprint density at radius 1 is 1.27 bits per heavy atom. The van der Waals surface area contributed by atoms with E-state index in [1.54, 1.807) is 0 Å². The van der Waals surface area contributed by atoms with Crippen LogP contribution in [-0.2, 0) is 4.74 Å². The van der Waals surface area contributed by atoms with Gasteiger partial charge in [-0.15, -0.1) is 0 Å². The molecule has 0 fully saturated rings. The Labute approximate surface area is 70.1 Å². The monoisotopic (exact) mass is 159 g/mol. The van der Waals surface area contributed by atoms with Crippen molar-refractivity contribution in [3.05, 3.63) is 0 Å². The van der Waals surface area contributed by atoms with E-state index in [-0.39, 0.29) is 0 Å². The maximum Gasteiger partial charge on any atom is 0.0494 e. The number of hydrogen-bond donors (Lipinski definition) is 1. The van der Waals surface area contributed by atoms with Crippen LogP contribution in [0, 0.1) is 5.92 Å². The van der Waals surface area contributed by atoms with Gasteiger partial charge in [0.1, 0.15) is 0 Å². The first-order valence-electron chi connectivity index (χ1n) is 4.62. The van der Waals surface area contributed by atoms with Crippen LogP contribution in [0.3, 0.4) is 0 Å². The molecule has 68 valence electrons. The first-order valence-corrected chi connectivity index (χ1v) is 4.62. The molecule has 0 bridgehead atoms. The smallest absolute Gasteiger partial charge is 0.0494 e. The van der Waals surface area contributed by atoms with Gasteiger partial charge in [-0.25, -0.2) is 0 Å². The first-order chi connectivity index (χ1) is 5.35. The Balaban J connectivity index is 3.07. The summed E-state index contributed by atoms with van der Waals surface area (Å²) in [5, 5.41) is 0. The Kier molecular flexibility index (Phi) is 7.96. The maximum absolute atomic E-state index is 5.44. The zero-order valence-corrected chi connectivity index (χ0v) is 7.81. The van der Waals surface area contributed by atoms with Crippen molar-refractivity contribution in [2.75, 3.05) is 19.8 Å². The zero-order chi connectivity index (χ0) is 8.53. The van der Waals surface area contributed by atoms with Crippen LogP contribution >= 0.6 is 0 Å². The molecule has 0 atom stereocenters. The first kappa shape index (κ1) is 10.9. The number of nitrogens with two attached hydrogens (primary N) is 1. The molecule has 2 heteroatoms. The van der Waals surface area contributed by atoms with Crippen molar-refractivity contribution in [2.24, 2.45) is 11.7 Å². The number of rotatable bonds is 7.